The van der Waals surface area contributed by atoms with E-state index in [4.69, 9.17) is 9.84 Å². The number of ether oxygens (including phenoxy) is 1. The van der Waals surface area contributed by atoms with Gasteiger partial charge in [-0.1, -0.05) is 12.1 Å². The summed E-state index contributed by atoms with van der Waals surface area (Å²) in [6.45, 7) is 2.22. The summed E-state index contributed by atoms with van der Waals surface area (Å²) in [7, 11) is -2.05. The molecule has 0 atom stereocenters. The van der Waals surface area contributed by atoms with Gasteiger partial charge in [-0.2, -0.15) is 4.31 Å². The Balaban J connectivity index is 3.00. The van der Waals surface area contributed by atoms with Crippen LogP contribution in [-0.4, -0.2) is 51.2 Å². The second-order valence-electron chi connectivity index (χ2n) is 3.94. The lowest BCUT2D eigenvalue weighted by molar-refractivity contribution is 0.168. The summed E-state index contributed by atoms with van der Waals surface area (Å²) >= 11 is 0. The molecule has 1 rings (SSSR count). The van der Waals surface area contributed by atoms with Crippen molar-refractivity contribution in [3.63, 3.8) is 0 Å². The lowest BCUT2D eigenvalue weighted by Gasteiger charge is -2.21. The van der Waals surface area contributed by atoms with Crippen LogP contribution in [0.3, 0.4) is 0 Å². The van der Waals surface area contributed by atoms with Gasteiger partial charge in [0.2, 0.25) is 10.0 Å². The van der Waals surface area contributed by atoms with E-state index in [-0.39, 0.29) is 24.6 Å². The maximum atomic E-state index is 12.3. The highest BCUT2D eigenvalue weighted by molar-refractivity contribution is 7.89. The molecule has 1 aromatic rings. The molecule has 0 fully saturated rings. The summed E-state index contributed by atoms with van der Waals surface area (Å²) < 4.78 is 30.8. The van der Waals surface area contributed by atoms with Crippen molar-refractivity contribution in [1.29, 1.82) is 0 Å². The summed E-state index contributed by atoms with van der Waals surface area (Å²) in [5, 5.41) is 8.95. The molecule has 0 saturated heterocycles. The standard InChI is InChI=1S/C12H19NO4S/c1-11-4-3-5-12(10-11)18(15,16)13(6-8-14)7-9-17-2/h3-5,10,14H,6-9H2,1-2H3. The molecule has 102 valence electrons. The molecule has 5 nitrogen and oxygen atoms in total. The monoisotopic (exact) mass is 273 g/mol. The Morgan fingerprint density at radius 1 is 1.33 bits per heavy atom. The number of aryl methyl sites for hydroxylation is 1. The summed E-state index contributed by atoms with van der Waals surface area (Å²) in [4.78, 5) is 0.243. The number of aliphatic hydroxyl groups is 1. The molecule has 0 aromatic heterocycles. The number of sulfonamides is 1. The largest absolute Gasteiger partial charge is 0.395 e. The Bertz CT molecular complexity index is 473. The predicted molar refractivity (Wildman–Crippen MR) is 68.9 cm³/mol. The molecule has 0 radical (unpaired) electrons. The van der Waals surface area contributed by atoms with Crippen LogP contribution in [0.4, 0.5) is 0 Å². The van der Waals surface area contributed by atoms with Crippen LogP contribution < -0.4 is 0 Å². The van der Waals surface area contributed by atoms with Crippen LogP contribution in [0, 0.1) is 6.92 Å². The zero-order valence-corrected chi connectivity index (χ0v) is 11.5. The Morgan fingerprint density at radius 3 is 2.61 bits per heavy atom. The van der Waals surface area contributed by atoms with Crippen molar-refractivity contribution in [3.8, 4) is 0 Å². The van der Waals surface area contributed by atoms with Crippen molar-refractivity contribution >= 4 is 10.0 Å². The van der Waals surface area contributed by atoms with Gasteiger partial charge >= 0.3 is 0 Å². The highest BCUT2D eigenvalue weighted by Gasteiger charge is 2.23. The lowest BCUT2D eigenvalue weighted by atomic mass is 10.2. The molecule has 0 aliphatic rings. The zero-order valence-electron chi connectivity index (χ0n) is 10.7. The van der Waals surface area contributed by atoms with E-state index < -0.39 is 10.0 Å². The molecule has 0 aliphatic heterocycles. The molecule has 1 aromatic carbocycles. The zero-order chi connectivity index (χ0) is 13.6. The first-order chi connectivity index (χ1) is 8.52. The van der Waals surface area contributed by atoms with Crippen LogP contribution in [-0.2, 0) is 14.8 Å². The van der Waals surface area contributed by atoms with Gasteiger partial charge in [-0.3, -0.25) is 0 Å². The van der Waals surface area contributed by atoms with Crippen molar-refractivity contribution in [3.05, 3.63) is 29.8 Å². The molecule has 0 spiro atoms. The summed E-state index contributed by atoms with van der Waals surface area (Å²) in [6.07, 6.45) is 0. The first kappa shape index (κ1) is 15.1. The van der Waals surface area contributed by atoms with E-state index >= 15 is 0 Å². The maximum Gasteiger partial charge on any atom is 0.243 e. The van der Waals surface area contributed by atoms with E-state index in [1.54, 1.807) is 18.2 Å². The van der Waals surface area contributed by atoms with E-state index in [0.717, 1.165) is 5.56 Å². The van der Waals surface area contributed by atoms with E-state index in [1.165, 1.54) is 11.4 Å². The topological polar surface area (TPSA) is 66.8 Å². The van der Waals surface area contributed by atoms with Crippen LogP contribution in [0.15, 0.2) is 29.2 Å². The van der Waals surface area contributed by atoms with Gasteiger partial charge in [0.1, 0.15) is 0 Å². The minimum absolute atomic E-state index is 0.0691. The number of benzene rings is 1. The van der Waals surface area contributed by atoms with E-state index in [1.807, 2.05) is 13.0 Å². The van der Waals surface area contributed by atoms with Gasteiger partial charge in [-0.25, -0.2) is 8.42 Å². The van der Waals surface area contributed by atoms with Gasteiger partial charge in [-0.05, 0) is 24.6 Å². The minimum atomic E-state index is -3.56. The number of hydrogen-bond donors (Lipinski definition) is 1. The van der Waals surface area contributed by atoms with Crippen molar-refractivity contribution in [2.24, 2.45) is 0 Å². The highest BCUT2D eigenvalue weighted by atomic mass is 32.2. The molecule has 0 unspecified atom stereocenters. The average molecular weight is 273 g/mol. The fourth-order valence-corrected chi connectivity index (χ4v) is 3.10. The molecule has 0 saturated carbocycles. The van der Waals surface area contributed by atoms with Gasteiger partial charge in [0.15, 0.2) is 0 Å². The number of methoxy groups -OCH3 is 1. The average Bonchev–Trinajstić information content (AvgIpc) is 2.34. The number of aliphatic hydroxyl groups excluding tert-OH is 1. The number of hydrogen-bond acceptors (Lipinski definition) is 4. The summed E-state index contributed by atoms with van der Waals surface area (Å²) in [5.74, 6) is 0. The van der Waals surface area contributed by atoms with E-state index in [0.29, 0.717) is 6.61 Å². The van der Waals surface area contributed by atoms with Crippen molar-refractivity contribution in [1.82, 2.24) is 4.31 Å². The lowest BCUT2D eigenvalue weighted by Crippen LogP contribution is -2.36. The Labute approximate surface area is 108 Å². The normalized spacial score (nSPS) is 12.0. The summed E-state index contributed by atoms with van der Waals surface area (Å²) in [5.41, 5.74) is 0.881. The quantitative estimate of drug-likeness (QED) is 0.791. The third-order valence-corrected chi connectivity index (χ3v) is 4.42. The molecule has 6 heteroatoms. The van der Waals surface area contributed by atoms with Gasteiger partial charge in [0.25, 0.3) is 0 Å². The minimum Gasteiger partial charge on any atom is -0.395 e. The SMILES string of the molecule is COCCN(CCO)S(=O)(=O)c1cccc(C)c1. The van der Waals surface area contributed by atoms with E-state index in [9.17, 15) is 8.42 Å². The molecule has 1 N–H and O–H groups in total. The van der Waals surface area contributed by atoms with Crippen molar-refractivity contribution < 1.29 is 18.3 Å². The third-order valence-electron chi connectivity index (χ3n) is 2.52. The fourth-order valence-electron chi connectivity index (χ4n) is 1.58. The van der Waals surface area contributed by atoms with Gasteiger partial charge in [-0.15, -0.1) is 0 Å². The Hall–Kier alpha value is -0.950. The van der Waals surface area contributed by atoms with Crippen molar-refractivity contribution in [2.75, 3.05) is 33.4 Å². The molecule has 0 heterocycles. The third kappa shape index (κ3) is 3.78. The Morgan fingerprint density at radius 2 is 2.06 bits per heavy atom. The molecule has 18 heavy (non-hydrogen) atoms. The fraction of sp³-hybridized carbons (Fsp3) is 0.500. The van der Waals surface area contributed by atoms with Crippen LogP contribution in [0.5, 0.6) is 0 Å². The first-order valence-corrected chi connectivity index (χ1v) is 7.13. The summed E-state index contributed by atoms with van der Waals surface area (Å²) in [6, 6.07) is 6.71. The van der Waals surface area contributed by atoms with Gasteiger partial charge in [0.05, 0.1) is 18.1 Å². The molecular formula is C12H19NO4S. The second-order valence-corrected chi connectivity index (χ2v) is 5.87. The number of rotatable bonds is 7. The Kier molecular flexibility index (Phi) is 5.74. The molecule has 0 amide bonds. The van der Waals surface area contributed by atoms with Crippen molar-refractivity contribution in [2.45, 2.75) is 11.8 Å². The molecule has 0 bridgehead atoms. The predicted octanol–water partition coefficient (Wildman–Crippen LogP) is 0.624. The molecule has 0 aliphatic carbocycles. The van der Waals surface area contributed by atoms with Crippen LogP contribution >= 0.6 is 0 Å². The second kappa shape index (κ2) is 6.84. The van der Waals surface area contributed by atoms with Crippen LogP contribution in [0.2, 0.25) is 0 Å². The number of nitrogens with zero attached hydrogens (tertiary/aromatic N) is 1. The van der Waals surface area contributed by atoms with Crippen LogP contribution in [0.1, 0.15) is 5.56 Å². The highest BCUT2D eigenvalue weighted by Crippen LogP contribution is 2.16. The molecular weight excluding hydrogens is 254 g/mol. The smallest absolute Gasteiger partial charge is 0.243 e. The van der Waals surface area contributed by atoms with Gasteiger partial charge in [0, 0.05) is 20.2 Å². The van der Waals surface area contributed by atoms with Crippen LogP contribution in [0.25, 0.3) is 0 Å². The maximum absolute atomic E-state index is 12.3. The first-order valence-electron chi connectivity index (χ1n) is 5.69. The van der Waals surface area contributed by atoms with Gasteiger partial charge < -0.3 is 9.84 Å². The van der Waals surface area contributed by atoms with E-state index in [2.05, 4.69) is 0 Å².